The molecule has 0 radical (unpaired) electrons. The van der Waals surface area contributed by atoms with Crippen molar-refractivity contribution in [1.82, 2.24) is 0 Å². The second-order valence-corrected chi connectivity index (χ2v) is 6.27. The highest BCUT2D eigenvalue weighted by molar-refractivity contribution is 5.94. The highest BCUT2D eigenvalue weighted by atomic mass is 16.5. The van der Waals surface area contributed by atoms with Gasteiger partial charge >= 0.3 is 5.97 Å². The standard InChI is InChI=1S/C22H22N2O5/c1-16(25)18-6-10-20(11-7-18)28-14-2-3-22(27)29-15-21(26)24-19-8-4-17(5-9-19)12-13-23/h4-11H,2-3,12,14-15H2,1H3,(H,24,26). The van der Waals surface area contributed by atoms with E-state index in [0.717, 1.165) is 5.56 Å². The quantitative estimate of drug-likeness (QED) is 0.377. The fourth-order valence-corrected chi connectivity index (χ4v) is 2.40. The minimum absolute atomic E-state index is 0.0145. The number of rotatable bonds is 10. The van der Waals surface area contributed by atoms with Crippen molar-refractivity contribution in [3.63, 3.8) is 0 Å². The van der Waals surface area contributed by atoms with E-state index in [1.807, 2.05) is 6.07 Å². The Kier molecular flexibility index (Phi) is 8.39. The number of carbonyl (C=O) groups excluding carboxylic acids is 3. The average Bonchev–Trinajstić information content (AvgIpc) is 2.71. The number of hydrogen-bond donors (Lipinski definition) is 1. The van der Waals surface area contributed by atoms with Crippen LogP contribution in [0.15, 0.2) is 48.5 Å². The fraction of sp³-hybridized carbons (Fsp3) is 0.273. The van der Waals surface area contributed by atoms with Crippen molar-refractivity contribution in [3.05, 3.63) is 59.7 Å². The van der Waals surface area contributed by atoms with E-state index in [0.29, 0.717) is 36.4 Å². The minimum Gasteiger partial charge on any atom is -0.494 e. The van der Waals surface area contributed by atoms with E-state index < -0.39 is 11.9 Å². The first-order valence-electron chi connectivity index (χ1n) is 9.13. The monoisotopic (exact) mass is 394 g/mol. The fourth-order valence-electron chi connectivity index (χ4n) is 2.40. The van der Waals surface area contributed by atoms with E-state index in [1.54, 1.807) is 48.5 Å². The normalized spacial score (nSPS) is 9.93. The van der Waals surface area contributed by atoms with Crippen LogP contribution < -0.4 is 10.1 Å². The Bertz CT molecular complexity index is 883. The summed E-state index contributed by atoms with van der Waals surface area (Å²) in [4.78, 5) is 34.8. The molecular weight excluding hydrogens is 372 g/mol. The zero-order valence-electron chi connectivity index (χ0n) is 16.1. The van der Waals surface area contributed by atoms with Crippen molar-refractivity contribution >= 4 is 23.3 Å². The van der Waals surface area contributed by atoms with Gasteiger partial charge < -0.3 is 14.8 Å². The molecule has 0 aliphatic carbocycles. The molecule has 0 bridgehead atoms. The molecule has 0 aliphatic heterocycles. The van der Waals surface area contributed by atoms with Gasteiger partial charge in [0.25, 0.3) is 5.91 Å². The molecule has 0 atom stereocenters. The first kappa shape index (κ1) is 21.6. The van der Waals surface area contributed by atoms with Crippen molar-refractivity contribution in [2.24, 2.45) is 0 Å². The molecule has 1 amide bonds. The predicted octanol–water partition coefficient (Wildman–Crippen LogP) is 3.30. The topological polar surface area (TPSA) is 105 Å². The number of hydrogen-bond acceptors (Lipinski definition) is 6. The molecule has 0 aromatic heterocycles. The maximum atomic E-state index is 11.8. The van der Waals surface area contributed by atoms with Gasteiger partial charge in [-0.05, 0) is 55.3 Å². The molecule has 0 spiro atoms. The molecule has 0 saturated heterocycles. The van der Waals surface area contributed by atoms with Crippen LogP contribution in [0.5, 0.6) is 5.75 Å². The average molecular weight is 394 g/mol. The number of benzene rings is 2. The van der Waals surface area contributed by atoms with Crippen LogP contribution in [0.1, 0.15) is 35.7 Å². The number of ketones is 1. The van der Waals surface area contributed by atoms with Gasteiger partial charge in [-0.2, -0.15) is 5.26 Å². The third-order valence-electron chi connectivity index (χ3n) is 3.94. The van der Waals surface area contributed by atoms with Crippen LogP contribution in [0.2, 0.25) is 0 Å². The van der Waals surface area contributed by atoms with E-state index in [4.69, 9.17) is 14.7 Å². The van der Waals surface area contributed by atoms with Gasteiger partial charge in [-0.25, -0.2) is 0 Å². The number of ether oxygens (including phenoxy) is 2. The lowest BCUT2D eigenvalue weighted by Crippen LogP contribution is -2.21. The zero-order chi connectivity index (χ0) is 21.1. The van der Waals surface area contributed by atoms with Gasteiger partial charge in [-0.3, -0.25) is 14.4 Å². The molecule has 2 aromatic carbocycles. The maximum absolute atomic E-state index is 11.8. The lowest BCUT2D eigenvalue weighted by atomic mass is 10.1. The summed E-state index contributed by atoms with van der Waals surface area (Å²) >= 11 is 0. The van der Waals surface area contributed by atoms with E-state index >= 15 is 0 Å². The summed E-state index contributed by atoms with van der Waals surface area (Å²) in [5.74, 6) is -0.323. The second kappa shape index (κ2) is 11.2. The van der Waals surface area contributed by atoms with Crippen molar-refractivity contribution < 1.29 is 23.9 Å². The number of Topliss-reactive ketones (excluding diaryl/α,β-unsaturated/α-hetero) is 1. The Hall–Kier alpha value is -3.66. The van der Waals surface area contributed by atoms with Crippen LogP contribution in [0.4, 0.5) is 5.69 Å². The predicted molar refractivity (Wildman–Crippen MR) is 107 cm³/mol. The van der Waals surface area contributed by atoms with Gasteiger partial charge in [0.05, 0.1) is 19.1 Å². The Morgan fingerprint density at radius 3 is 2.34 bits per heavy atom. The molecule has 7 heteroatoms. The Labute approximate surface area is 169 Å². The third-order valence-corrected chi connectivity index (χ3v) is 3.94. The van der Waals surface area contributed by atoms with Crippen LogP contribution in [0.3, 0.4) is 0 Å². The highest BCUT2D eigenvalue weighted by Gasteiger charge is 2.08. The molecule has 0 saturated carbocycles. The number of anilines is 1. The van der Waals surface area contributed by atoms with Crippen LogP contribution in [-0.2, 0) is 20.7 Å². The summed E-state index contributed by atoms with van der Waals surface area (Å²) < 4.78 is 10.4. The van der Waals surface area contributed by atoms with Crippen LogP contribution >= 0.6 is 0 Å². The van der Waals surface area contributed by atoms with E-state index in [1.165, 1.54) is 6.92 Å². The van der Waals surface area contributed by atoms with Crippen LogP contribution in [-0.4, -0.2) is 30.9 Å². The smallest absolute Gasteiger partial charge is 0.306 e. The first-order chi connectivity index (χ1) is 14.0. The van der Waals surface area contributed by atoms with Gasteiger partial charge in [0.1, 0.15) is 5.75 Å². The summed E-state index contributed by atoms with van der Waals surface area (Å²) in [6.07, 6.45) is 0.871. The van der Waals surface area contributed by atoms with Gasteiger partial charge in [0.15, 0.2) is 12.4 Å². The molecule has 29 heavy (non-hydrogen) atoms. The van der Waals surface area contributed by atoms with E-state index in [-0.39, 0.29) is 18.8 Å². The van der Waals surface area contributed by atoms with Gasteiger partial charge in [0, 0.05) is 17.7 Å². The van der Waals surface area contributed by atoms with Crippen molar-refractivity contribution in [3.8, 4) is 11.8 Å². The Morgan fingerprint density at radius 1 is 1.03 bits per heavy atom. The number of carbonyl (C=O) groups is 3. The molecule has 1 N–H and O–H groups in total. The van der Waals surface area contributed by atoms with Crippen molar-refractivity contribution in [2.45, 2.75) is 26.2 Å². The van der Waals surface area contributed by atoms with Crippen molar-refractivity contribution in [2.75, 3.05) is 18.5 Å². The summed E-state index contributed by atoms with van der Waals surface area (Å²) in [6.45, 7) is 1.44. The summed E-state index contributed by atoms with van der Waals surface area (Å²) in [7, 11) is 0. The molecule has 0 heterocycles. The number of amides is 1. The van der Waals surface area contributed by atoms with Gasteiger partial charge in [-0.15, -0.1) is 0 Å². The SMILES string of the molecule is CC(=O)c1ccc(OCCCC(=O)OCC(=O)Nc2ccc(CC#N)cc2)cc1. The van der Waals surface area contributed by atoms with E-state index in [9.17, 15) is 14.4 Å². The first-order valence-corrected chi connectivity index (χ1v) is 9.13. The maximum Gasteiger partial charge on any atom is 0.306 e. The van der Waals surface area contributed by atoms with Crippen LogP contribution in [0, 0.1) is 11.3 Å². The van der Waals surface area contributed by atoms with Crippen LogP contribution in [0.25, 0.3) is 0 Å². The molecule has 0 fully saturated rings. The number of esters is 1. The molecule has 0 unspecified atom stereocenters. The minimum atomic E-state index is -0.486. The second-order valence-electron chi connectivity index (χ2n) is 6.27. The number of nitrogens with zero attached hydrogens (tertiary/aromatic N) is 1. The zero-order valence-corrected chi connectivity index (χ0v) is 16.1. The number of nitrogens with one attached hydrogen (secondary N) is 1. The summed E-state index contributed by atoms with van der Waals surface area (Å²) in [5.41, 5.74) is 2.03. The molecule has 2 rings (SSSR count). The molecule has 0 aliphatic rings. The van der Waals surface area contributed by atoms with E-state index in [2.05, 4.69) is 5.32 Å². The number of nitriles is 1. The summed E-state index contributed by atoms with van der Waals surface area (Å²) in [5, 5.41) is 11.3. The third kappa shape index (κ3) is 7.85. The Balaban J connectivity index is 1.62. The lowest BCUT2D eigenvalue weighted by Gasteiger charge is -2.08. The molecular formula is C22H22N2O5. The van der Waals surface area contributed by atoms with Crippen molar-refractivity contribution in [1.29, 1.82) is 5.26 Å². The summed E-state index contributed by atoms with van der Waals surface area (Å²) in [6, 6.07) is 15.7. The molecule has 2 aromatic rings. The van der Waals surface area contributed by atoms with Gasteiger partial charge in [-0.1, -0.05) is 12.1 Å². The highest BCUT2D eigenvalue weighted by Crippen LogP contribution is 2.13. The molecule has 150 valence electrons. The Morgan fingerprint density at radius 2 is 1.72 bits per heavy atom. The molecule has 7 nitrogen and oxygen atoms in total. The lowest BCUT2D eigenvalue weighted by molar-refractivity contribution is -0.147. The largest absolute Gasteiger partial charge is 0.494 e. The van der Waals surface area contributed by atoms with Gasteiger partial charge in [0.2, 0.25) is 0 Å².